The summed E-state index contributed by atoms with van der Waals surface area (Å²) in [4.78, 5) is 27.4. The fraction of sp³-hybridized carbons (Fsp3) is 0.500. The van der Waals surface area contributed by atoms with Crippen LogP contribution in [0.15, 0.2) is 18.2 Å². The molecule has 2 N–H and O–H groups in total. The molecule has 164 valence electrons. The van der Waals surface area contributed by atoms with Gasteiger partial charge in [-0.1, -0.05) is 25.3 Å². The van der Waals surface area contributed by atoms with E-state index in [2.05, 4.69) is 10.6 Å². The zero-order valence-corrected chi connectivity index (χ0v) is 18.4. The Hall–Kier alpha value is -2.54. The van der Waals surface area contributed by atoms with E-state index in [0.717, 1.165) is 73.2 Å². The van der Waals surface area contributed by atoms with Crippen molar-refractivity contribution in [2.45, 2.75) is 64.3 Å². The van der Waals surface area contributed by atoms with Gasteiger partial charge < -0.3 is 20.1 Å². The van der Waals surface area contributed by atoms with E-state index in [9.17, 15) is 9.59 Å². The molecule has 6 nitrogen and oxygen atoms in total. The van der Waals surface area contributed by atoms with Gasteiger partial charge in [-0.2, -0.15) is 0 Å². The maximum absolute atomic E-state index is 13.3. The van der Waals surface area contributed by atoms with Crippen LogP contribution in [0.5, 0.6) is 11.5 Å². The largest absolute Gasteiger partial charge is 0.454 e. The molecule has 2 amide bonds. The first-order valence-corrected chi connectivity index (χ1v) is 12.1. The van der Waals surface area contributed by atoms with Crippen LogP contribution < -0.4 is 20.1 Å². The van der Waals surface area contributed by atoms with Gasteiger partial charge in [0.15, 0.2) is 11.5 Å². The Balaban J connectivity index is 1.33. The molecule has 3 aliphatic rings. The van der Waals surface area contributed by atoms with Gasteiger partial charge in [-0.05, 0) is 61.8 Å². The fourth-order valence-corrected chi connectivity index (χ4v) is 6.08. The Labute approximate surface area is 186 Å². The second-order valence-electron chi connectivity index (χ2n) is 8.61. The number of hydrogen-bond donors (Lipinski definition) is 2. The Morgan fingerprint density at radius 3 is 2.68 bits per heavy atom. The highest BCUT2D eigenvalue weighted by Gasteiger charge is 2.28. The van der Waals surface area contributed by atoms with Crippen LogP contribution in [0.4, 0.5) is 5.00 Å². The van der Waals surface area contributed by atoms with Gasteiger partial charge in [-0.15, -0.1) is 11.3 Å². The third kappa shape index (κ3) is 4.28. The number of ether oxygens (including phenoxy) is 2. The predicted octanol–water partition coefficient (Wildman–Crippen LogP) is 4.80. The molecular weight excluding hydrogens is 412 g/mol. The van der Waals surface area contributed by atoms with Crippen LogP contribution in [-0.2, 0) is 24.2 Å². The van der Waals surface area contributed by atoms with Crippen molar-refractivity contribution >= 4 is 28.2 Å². The topological polar surface area (TPSA) is 76.7 Å². The summed E-state index contributed by atoms with van der Waals surface area (Å²) in [6.45, 7) is 0.631. The van der Waals surface area contributed by atoms with Crippen molar-refractivity contribution < 1.29 is 19.1 Å². The lowest BCUT2D eigenvalue weighted by Gasteiger charge is -2.20. The van der Waals surface area contributed by atoms with E-state index >= 15 is 0 Å². The molecule has 1 aromatic carbocycles. The highest BCUT2D eigenvalue weighted by atomic mass is 32.1. The minimum Gasteiger partial charge on any atom is -0.454 e. The van der Waals surface area contributed by atoms with Crippen LogP contribution in [0.2, 0.25) is 0 Å². The molecule has 0 unspecified atom stereocenters. The van der Waals surface area contributed by atoms with Crippen molar-refractivity contribution in [3.05, 3.63) is 39.8 Å². The molecule has 2 heterocycles. The molecule has 0 bridgehead atoms. The first kappa shape index (κ1) is 20.4. The Morgan fingerprint density at radius 2 is 1.81 bits per heavy atom. The van der Waals surface area contributed by atoms with Crippen molar-refractivity contribution in [1.82, 2.24) is 5.32 Å². The van der Waals surface area contributed by atoms with Crippen LogP contribution in [0, 0.1) is 5.92 Å². The van der Waals surface area contributed by atoms with E-state index in [4.69, 9.17) is 9.47 Å². The minimum atomic E-state index is -0.115. The molecule has 2 aromatic rings. The monoisotopic (exact) mass is 440 g/mol. The van der Waals surface area contributed by atoms with Crippen molar-refractivity contribution in [3.63, 3.8) is 0 Å². The highest BCUT2D eigenvalue weighted by Crippen LogP contribution is 2.39. The number of rotatable bonds is 5. The van der Waals surface area contributed by atoms with Gasteiger partial charge in [0, 0.05) is 17.3 Å². The minimum absolute atomic E-state index is 0.0671. The van der Waals surface area contributed by atoms with Crippen LogP contribution in [0.25, 0.3) is 0 Å². The molecule has 1 fully saturated rings. The van der Waals surface area contributed by atoms with Crippen LogP contribution in [0.1, 0.15) is 71.3 Å². The van der Waals surface area contributed by atoms with Crippen molar-refractivity contribution in [3.8, 4) is 11.5 Å². The Kier molecular flexibility index (Phi) is 5.85. The summed E-state index contributed by atoms with van der Waals surface area (Å²) in [5.41, 5.74) is 2.75. The maximum Gasteiger partial charge on any atom is 0.254 e. The number of carbonyl (C=O) groups excluding carboxylic acids is 2. The van der Waals surface area contributed by atoms with Crippen LogP contribution in [-0.4, -0.2) is 18.6 Å². The first-order valence-electron chi connectivity index (χ1n) is 11.3. The number of amides is 2. The summed E-state index contributed by atoms with van der Waals surface area (Å²) in [5.74, 6) is 1.46. The number of aryl methyl sites for hydroxylation is 1. The summed E-state index contributed by atoms with van der Waals surface area (Å²) in [6.07, 6.45) is 9.45. The van der Waals surface area contributed by atoms with Gasteiger partial charge in [0.1, 0.15) is 5.00 Å². The Morgan fingerprint density at radius 1 is 1.00 bits per heavy atom. The number of nitrogens with one attached hydrogen (secondary N) is 2. The second kappa shape index (κ2) is 8.91. The fourth-order valence-electron chi connectivity index (χ4n) is 4.79. The molecule has 2 aliphatic carbocycles. The summed E-state index contributed by atoms with van der Waals surface area (Å²) in [5, 5.41) is 6.92. The third-order valence-corrected chi connectivity index (χ3v) is 7.71. The number of anilines is 1. The van der Waals surface area contributed by atoms with Crippen LogP contribution in [0.3, 0.4) is 0 Å². The lowest BCUT2D eigenvalue weighted by atomic mass is 9.88. The summed E-state index contributed by atoms with van der Waals surface area (Å²) in [7, 11) is 0. The van der Waals surface area contributed by atoms with Gasteiger partial charge in [0.05, 0.1) is 5.56 Å². The van der Waals surface area contributed by atoms with Gasteiger partial charge in [-0.3, -0.25) is 9.59 Å². The molecule has 5 rings (SSSR count). The van der Waals surface area contributed by atoms with E-state index in [-0.39, 0.29) is 24.5 Å². The molecule has 0 spiro atoms. The maximum atomic E-state index is 13.3. The second-order valence-corrected chi connectivity index (χ2v) is 9.71. The summed E-state index contributed by atoms with van der Waals surface area (Å²) in [6, 6.07) is 5.70. The number of hydrogen-bond acceptors (Lipinski definition) is 5. The number of fused-ring (bicyclic) bond motifs is 2. The van der Waals surface area contributed by atoms with Gasteiger partial charge in [0.25, 0.3) is 5.91 Å². The number of benzene rings is 1. The summed E-state index contributed by atoms with van der Waals surface area (Å²) >= 11 is 1.59. The molecule has 7 heteroatoms. The van der Waals surface area contributed by atoms with Crippen molar-refractivity contribution in [1.29, 1.82) is 0 Å². The molecule has 0 atom stereocenters. The van der Waals surface area contributed by atoms with E-state index < -0.39 is 0 Å². The number of thiophene rings is 1. The standard InChI is InChI=1S/C24H28N2O4S/c27-22(16-6-2-1-3-7-16)26-24-21(17-8-4-5-9-20(17)31-24)23(28)25-13-15-10-11-18-19(12-15)30-14-29-18/h10-12,16H,1-9,13-14H2,(H,25,28)(H,26,27). The summed E-state index contributed by atoms with van der Waals surface area (Å²) < 4.78 is 10.8. The zero-order chi connectivity index (χ0) is 21.2. The van der Waals surface area contributed by atoms with Gasteiger partial charge in [0.2, 0.25) is 12.7 Å². The molecular formula is C24H28N2O4S. The molecule has 0 saturated heterocycles. The average molecular weight is 441 g/mol. The van der Waals surface area contributed by atoms with Gasteiger partial charge in [-0.25, -0.2) is 0 Å². The zero-order valence-electron chi connectivity index (χ0n) is 17.6. The van der Waals surface area contributed by atoms with Crippen molar-refractivity contribution in [2.24, 2.45) is 5.92 Å². The SMILES string of the molecule is O=C(NCc1ccc2c(c1)OCO2)c1c(NC(=O)C2CCCCC2)sc2c1CCCC2. The molecule has 31 heavy (non-hydrogen) atoms. The van der Waals surface area contributed by atoms with Crippen molar-refractivity contribution in [2.75, 3.05) is 12.1 Å². The highest BCUT2D eigenvalue weighted by molar-refractivity contribution is 7.17. The molecule has 0 radical (unpaired) electrons. The molecule has 1 aromatic heterocycles. The first-order chi connectivity index (χ1) is 15.2. The number of carbonyl (C=O) groups is 2. The molecule has 1 aliphatic heterocycles. The predicted molar refractivity (Wildman–Crippen MR) is 120 cm³/mol. The van der Waals surface area contributed by atoms with Crippen LogP contribution >= 0.6 is 11.3 Å². The van der Waals surface area contributed by atoms with E-state index in [1.807, 2.05) is 18.2 Å². The average Bonchev–Trinajstić information content (AvgIpc) is 3.41. The normalized spacial score (nSPS) is 17.8. The molecule has 1 saturated carbocycles. The van der Waals surface area contributed by atoms with E-state index in [1.54, 1.807) is 11.3 Å². The quantitative estimate of drug-likeness (QED) is 0.700. The lowest BCUT2D eigenvalue weighted by molar-refractivity contribution is -0.120. The van der Waals surface area contributed by atoms with E-state index in [0.29, 0.717) is 17.9 Å². The Bertz CT molecular complexity index is 994. The smallest absolute Gasteiger partial charge is 0.254 e. The van der Waals surface area contributed by atoms with Gasteiger partial charge >= 0.3 is 0 Å². The lowest BCUT2D eigenvalue weighted by Crippen LogP contribution is -2.28. The third-order valence-electron chi connectivity index (χ3n) is 6.50. The van der Waals surface area contributed by atoms with E-state index in [1.165, 1.54) is 11.3 Å².